The molecule has 3 nitrogen and oxygen atoms in total. The van der Waals surface area contributed by atoms with Crippen molar-refractivity contribution in [2.75, 3.05) is 18.8 Å². The van der Waals surface area contributed by atoms with Crippen LogP contribution in [0.25, 0.3) is 0 Å². The van der Waals surface area contributed by atoms with E-state index < -0.39 is 0 Å². The lowest BCUT2D eigenvalue weighted by Gasteiger charge is -2.35. The predicted octanol–water partition coefficient (Wildman–Crippen LogP) is 2.09. The highest BCUT2D eigenvalue weighted by Gasteiger charge is 2.30. The zero-order valence-electron chi connectivity index (χ0n) is 11.7. The smallest absolute Gasteiger partial charge is 0.240 e. The summed E-state index contributed by atoms with van der Waals surface area (Å²) in [5.74, 6) is 1.34. The minimum absolute atomic E-state index is 0. The second kappa shape index (κ2) is 6.83. The van der Waals surface area contributed by atoms with E-state index in [1.807, 2.05) is 16.7 Å². The van der Waals surface area contributed by atoms with Crippen molar-refractivity contribution < 1.29 is 4.79 Å². The highest BCUT2D eigenvalue weighted by atomic mass is 35.5. The Morgan fingerprint density at radius 1 is 1.35 bits per heavy atom. The van der Waals surface area contributed by atoms with Crippen molar-refractivity contribution >= 4 is 30.1 Å². The van der Waals surface area contributed by atoms with Crippen LogP contribution in [0.15, 0.2) is 24.3 Å². The third-order valence-corrected chi connectivity index (χ3v) is 5.07. The highest BCUT2D eigenvalue weighted by molar-refractivity contribution is 7.99. The van der Waals surface area contributed by atoms with E-state index in [1.165, 1.54) is 11.1 Å². The van der Waals surface area contributed by atoms with Crippen molar-refractivity contribution in [3.63, 3.8) is 0 Å². The van der Waals surface area contributed by atoms with E-state index in [2.05, 4.69) is 36.5 Å². The van der Waals surface area contributed by atoms with Crippen LogP contribution >= 0.6 is 24.2 Å². The van der Waals surface area contributed by atoms with Gasteiger partial charge >= 0.3 is 0 Å². The van der Waals surface area contributed by atoms with Crippen LogP contribution in [0.2, 0.25) is 0 Å². The first-order chi connectivity index (χ1) is 9.24. The van der Waals surface area contributed by atoms with Crippen molar-refractivity contribution in [3.8, 4) is 0 Å². The van der Waals surface area contributed by atoms with Crippen molar-refractivity contribution in [1.29, 1.82) is 0 Å². The van der Waals surface area contributed by atoms with Crippen LogP contribution in [0.3, 0.4) is 0 Å². The van der Waals surface area contributed by atoms with Gasteiger partial charge in [-0.25, -0.2) is 0 Å². The Bertz CT molecular complexity index is 483. The van der Waals surface area contributed by atoms with Crippen LogP contribution in [-0.4, -0.2) is 40.9 Å². The van der Waals surface area contributed by atoms with Crippen LogP contribution in [0, 0.1) is 0 Å². The molecular formula is C15H21ClN2OS. The summed E-state index contributed by atoms with van der Waals surface area (Å²) in [5, 5.41) is 3.95. The fourth-order valence-electron chi connectivity index (χ4n) is 2.87. The Balaban J connectivity index is 0.00000147. The normalized spacial score (nSPS) is 25.6. The molecule has 2 heterocycles. The summed E-state index contributed by atoms with van der Waals surface area (Å²) < 4.78 is 0. The fraction of sp³-hybridized carbons (Fsp3) is 0.533. The van der Waals surface area contributed by atoms with Gasteiger partial charge in [-0.2, -0.15) is 11.8 Å². The van der Waals surface area contributed by atoms with Gasteiger partial charge in [0.2, 0.25) is 5.91 Å². The summed E-state index contributed by atoms with van der Waals surface area (Å²) in [6.45, 7) is 4.80. The fourth-order valence-corrected chi connectivity index (χ4v) is 3.88. The van der Waals surface area contributed by atoms with E-state index in [0.29, 0.717) is 5.25 Å². The number of carbonyl (C=O) groups is 1. The average Bonchev–Trinajstić information content (AvgIpc) is 2.46. The van der Waals surface area contributed by atoms with Gasteiger partial charge in [0, 0.05) is 30.6 Å². The van der Waals surface area contributed by atoms with Crippen molar-refractivity contribution in [3.05, 3.63) is 35.4 Å². The number of nitrogens with zero attached hydrogens (tertiary/aromatic N) is 1. The van der Waals surface area contributed by atoms with Gasteiger partial charge in [-0.05, 0) is 17.5 Å². The van der Waals surface area contributed by atoms with E-state index in [0.717, 1.165) is 31.8 Å². The third kappa shape index (κ3) is 3.30. The number of hydrogen-bond acceptors (Lipinski definition) is 3. The molecule has 2 unspecified atom stereocenters. The number of rotatable bonds is 1. The van der Waals surface area contributed by atoms with Crippen LogP contribution in [0.5, 0.6) is 0 Å². The quantitative estimate of drug-likeness (QED) is 0.862. The van der Waals surface area contributed by atoms with Crippen molar-refractivity contribution in [2.24, 2.45) is 0 Å². The monoisotopic (exact) mass is 312 g/mol. The lowest BCUT2D eigenvalue weighted by Crippen LogP contribution is -2.52. The van der Waals surface area contributed by atoms with E-state index in [1.54, 1.807) is 0 Å². The first-order valence-corrected chi connectivity index (χ1v) is 7.99. The molecule has 0 spiro atoms. The molecule has 1 aromatic rings. The lowest BCUT2D eigenvalue weighted by atomic mass is 9.95. The number of halogens is 1. The summed E-state index contributed by atoms with van der Waals surface area (Å²) in [6.07, 6.45) is 0.826. The van der Waals surface area contributed by atoms with Crippen LogP contribution < -0.4 is 5.32 Å². The number of thioether (sulfide) groups is 1. The highest BCUT2D eigenvalue weighted by Crippen LogP contribution is 2.21. The lowest BCUT2D eigenvalue weighted by molar-refractivity contribution is -0.133. The molecule has 0 aromatic heterocycles. The number of carbonyl (C=O) groups excluding carboxylic acids is 1. The number of hydrogen-bond donors (Lipinski definition) is 1. The molecule has 5 heteroatoms. The minimum atomic E-state index is -0.0369. The molecule has 2 atom stereocenters. The largest absolute Gasteiger partial charge is 0.339 e. The molecule has 20 heavy (non-hydrogen) atoms. The van der Waals surface area contributed by atoms with Crippen LogP contribution in [0.1, 0.15) is 18.1 Å². The van der Waals surface area contributed by atoms with Gasteiger partial charge in [-0.3, -0.25) is 4.79 Å². The van der Waals surface area contributed by atoms with Gasteiger partial charge < -0.3 is 10.2 Å². The molecular weight excluding hydrogens is 292 g/mol. The Morgan fingerprint density at radius 2 is 2.10 bits per heavy atom. The minimum Gasteiger partial charge on any atom is -0.339 e. The summed E-state index contributed by atoms with van der Waals surface area (Å²) >= 11 is 1.96. The van der Waals surface area contributed by atoms with Crippen LogP contribution in [0.4, 0.5) is 0 Å². The van der Waals surface area contributed by atoms with Crippen LogP contribution in [-0.2, 0) is 17.8 Å². The molecule has 1 fully saturated rings. The van der Waals surface area contributed by atoms with E-state index >= 15 is 0 Å². The predicted molar refractivity (Wildman–Crippen MR) is 86.5 cm³/mol. The molecule has 2 aliphatic heterocycles. The maximum atomic E-state index is 12.6. The summed E-state index contributed by atoms with van der Waals surface area (Å²) in [6, 6.07) is 8.37. The van der Waals surface area contributed by atoms with Gasteiger partial charge in [-0.1, -0.05) is 31.2 Å². The maximum absolute atomic E-state index is 12.6. The molecule has 110 valence electrons. The number of amides is 1. The Kier molecular flexibility index (Phi) is 5.35. The van der Waals surface area contributed by atoms with E-state index in [9.17, 15) is 4.79 Å². The first-order valence-electron chi connectivity index (χ1n) is 6.94. The molecule has 1 aromatic carbocycles. The van der Waals surface area contributed by atoms with E-state index in [4.69, 9.17) is 0 Å². The van der Waals surface area contributed by atoms with Gasteiger partial charge in [0.25, 0.3) is 0 Å². The van der Waals surface area contributed by atoms with Crippen molar-refractivity contribution in [2.45, 2.75) is 31.2 Å². The molecule has 0 saturated carbocycles. The zero-order valence-corrected chi connectivity index (χ0v) is 13.3. The van der Waals surface area contributed by atoms with Gasteiger partial charge in [0.05, 0.1) is 6.04 Å². The average molecular weight is 313 g/mol. The summed E-state index contributed by atoms with van der Waals surface area (Å²) in [5.41, 5.74) is 2.65. The molecule has 1 amide bonds. The number of benzene rings is 1. The molecule has 1 saturated heterocycles. The second-order valence-electron chi connectivity index (χ2n) is 5.37. The Morgan fingerprint density at radius 3 is 2.85 bits per heavy atom. The summed E-state index contributed by atoms with van der Waals surface area (Å²) in [7, 11) is 0. The Hall–Kier alpha value is -0.710. The number of fused-ring (bicyclic) bond motifs is 1. The van der Waals surface area contributed by atoms with Gasteiger partial charge in [0.1, 0.15) is 0 Å². The second-order valence-corrected chi connectivity index (χ2v) is 6.92. The zero-order chi connectivity index (χ0) is 13.2. The SMILES string of the molecule is CC1CN(C(=O)C2Cc3ccccc3CN2)CCS1.Cl. The molecule has 0 radical (unpaired) electrons. The number of nitrogens with one attached hydrogen (secondary N) is 1. The topological polar surface area (TPSA) is 32.3 Å². The molecule has 1 N–H and O–H groups in total. The standard InChI is InChI=1S/C15H20N2OS.ClH/c1-11-10-17(6-7-19-11)15(18)14-8-12-4-2-3-5-13(12)9-16-14;/h2-5,11,14,16H,6-10H2,1H3;1H. The van der Waals surface area contributed by atoms with Gasteiger partial charge in [0.15, 0.2) is 0 Å². The Labute approximate surface area is 130 Å². The summed E-state index contributed by atoms with van der Waals surface area (Å²) in [4.78, 5) is 14.6. The third-order valence-electron chi connectivity index (χ3n) is 3.93. The van der Waals surface area contributed by atoms with E-state index in [-0.39, 0.29) is 24.4 Å². The first kappa shape index (κ1) is 15.7. The maximum Gasteiger partial charge on any atom is 0.240 e. The molecule has 0 bridgehead atoms. The van der Waals surface area contributed by atoms with Crippen molar-refractivity contribution in [1.82, 2.24) is 10.2 Å². The van der Waals surface area contributed by atoms with Gasteiger partial charge in [-0.15, -0.1) is 12.4 Å². The molecule has 0 aliphatic carbocycles. The molecule has 3 rings (SSSR count). The molecule has 2 aliphatic rings.